The molecule has 0 radical (unpaired) electrons. The van der Waals surface area contributed by atoms with Crippen molar-refractivity contribution in [3.8, 4) is 11.5 Å². The van der Waals surface area contributed by atoms with Crippen molar-refractivity contribution in [2.24, 2.45) is 0 Å². The first kappa shape index (κ1) is 16.9. The monoisotopic (exact) mass is 406 g/mol. The van der Waals surface area contributed by atoms with Gasteiger partial charge in [0.05, 0.1) is 15.1 Å². The molecule has 0 N–H and O–H groups in total. The summed E-state index contributed by atoms with van der Waals surface area (Å²) in [5.41, 5.74) is 1.35. The normalized spacial score (nSPS) is 19.9. The number of carbonyl (C=O) groups is 1. The fourth-order valence-electron chi connectivity index (χ4n) is 3.54. The minimum atomic E-state index is -4.69. The van der Waals surface area contributed by atoms with Gasteiger partial charge in [-0.1, -0.05) is 24.3 Å². The van der Waals surface area contributed by atoms with Crippen molar-refractivity contribution in [1.29, 1.82) is 0 Å². The Balaban J connectivity index is 1.93. The van der Waals surface area contributed by atoms with E-state index in [1.165, 1.54) is 0 Å². The average Bonchev–Trinajstić information content (AvgIpc) is 3.19. The van der Waals surface area contributed by atoms with Crippen LogP contribution in [0.5, 0.6) is 11.5 Å². The van der Waals surface area contributed by atoms with Gasteiger partial charge < -0.3 is 9.47 Å². The van der Waals surface area contributed by atoms with Gasteiger partial charge in [-0.25, -0.2) is 0 Å². The lowest BCUT2D eigenvalue weighted by molar-refractivity contribution is -1.91. The van der Waals surface area contributed by atoms with Gasteiger partial charge in [0.2, 0.25) is 6.79 Å². The van der Waals surface area contributed by atoms with E-state index < -0.39 is 21.0 Å². The third kappa shape index (κ3) is 2.46. The van der Waals surface area contributed by atoms with Crippen molar-refractivity contribution in [3.63, 3.8) is 0 Å². The lowest BCUT2D eigenvalue weighted by Crippen LogP contribution is -2.60. The second-order valence-corrected chi connectivity index (χ2v) is 8.91. The summed E-state index contributed by atoms with van der Waals surface area (Å²) >= 11 is 0. The molecule has 5 rings (SSSR count). The summed E-state index contributed by atoms with van der Waals surface area (Å²) in [4.78, 5) is 14.0. The Bertz CT molecular complexity index is 1190. The van der Waals surface area contributed by atoms with E-state index in [0.717, 1.165) is 0 Å². The highest BCUT2D eigenvalue weighted by Gasteiger charge is 2.40. The van der Waals surface area contributed by atoms with Gasteiger partial charge in [0, 0.05) is 21.6 Å². The van der Waals surface area contributed by atoms with Crippen LogP contribution in [0.4, 0.5) is 0 Å². The fourth-order valence-corrected chi connectivity index (χ4v) is 6.23. The molecule has 0 spiro atoms. The topological polar surface area (TPSA) is 114 Å². The highest BCUT2D eigenvalue weighted by atomic mass is 35.7. The molecule has 2 heterocycles. The fraction of sp³-hybridized carbons (Fsp3) is 0.111. The first-order valence-electron chi connectivity index (χ1n) is 7.86. The Morgan fingerprint density at radius 1 is 1.04 bits per heavy atom. The number of hydrogen-bond acceptors (Lipinski definition) is 7. The molecular formula is C18H11ClO7S. The van der Waals surface area contributed by atoms with E-state index in [1.54, 1.807) is 43.3 Å². The molecule has 0 aromatic heterocycles. The lowest BCUT2D eigenvalue weighted by atomic mass is 10.1. The van der Waals surface area contributed by atoms with Gasteiger partial charge in [0.1, 0.15) is 14.5 Å². The molecule has 2 aliphatic heterocycles. The molecule has 0 saturated heterocycles. The zero-order valence-corrected chi connectivity index (χ0v) is 15.4. The summed E-state index contributed by atoms with van der Waals surface area (Å²) in [6.45, 7) is 1.74. The maximum absolute atomic E-state index is 13.1. The molecular weight excluding hydrogens is 396 g/mol. The Hall–Kier alpha value is -2.20. The predicted molar refractivity (Wildman–Crippen MR) is 87.9 cm³/mol. The number of ether oxygens (including phenoxy) is 2. The van der Waals surface area contributed by atoms with Crippen LogP contribution in [-0.4, -0.2) is 17.4 Å². The third-order valence-electron chi connectivity index (χ3n) is 4.64. The molecule has 27 heavy (non-hydrogen) atoms. The van der Waals surface area contributed by atoms with Crippen LogP contribution in [0.2, 0.25) is 0 Å². The summed E-state index contributed by atoms with van der Waals surface area (Å²) in [5, 5.41) is 1.21. The molecule has 3 aliphatic rings. The molecule has 1 aliphatic carbocycles. The van der Waals surface area contributed by atoms with Crippen molar-refractivity contribution in [2.75, 3.05) is 6.79 Å². The van der Waals surface area contributed by atoms with Gasteiger partial charge >= 0.3 is 0 Å². The Morgan fingerprint density at radius 3 is 2.33 bits per heavy atom. The van der Waals surface area contributed by atoms with Crippen LogP contribution >= 0.6 is 10.8 Å². The lowest BCUT2D eigenvalue weighted by Gasteiger charge is -2.19. The van der Waals surface area contributed by atoms with Crippen LogP contribution in [-0.2, 0) is 3.74 Å². The summed E-state index contributed by atoms with van der Waals surface area (Å²) < 4.78 is 49.8. The largest absolute Gasteiger partial charge is 0.454 e. The standard InChI is InChI=1S/C18H11ClO7S/c1-9-12-6-14-15(25-8-24-14)7-13(12)16-17(20)10-4-2-3-5-11(10)18(16)27(9)26-19(21,22)23/h2-7H,8H2,1H3. The zero-order valence-electron chi connectivity index (χ0n) is 13.8. The van der Waals surface area contributed by atoms with E-state index in [-0.39, 0.29) is 12.6 Å². The van der Waals surface area contributed by atoms with E-state index in [4.69, 9.17) is 13.2 Å². The minimum absolute atomic E-state index is 0.0626. The highest BCUT2D eigenvalue weighted by molar-refractivity contribution is 8.20. The van der Waals surface area contributed by atoms with Crippen LogP contribution in [0, 0.1) is 10.2 Å². The maximum atomic E-state index is 13.1. The number of rotatable bonds is 2. The maximum Gasteiger partial charge on any atom is 0.231 e. The van der Waals surface area contributed by atoms with Gasteiger partial charge in [-0.15, -0.1) is 0 Å². The molecule has 2 aromatic rings. The van der Waals surface area contributed by atoms with Gasteiger partial charge in [0.25, 0.3) is 0 Å². The van der Waals surface area contributed by atoms with Crippen LogP contribution < -0.4 is 33.9 Å². The second kappa shape index (κ2) is 5.65. The molecule has 0 bridgehead atoms. The number of ketones is 1. The molecule has 7 nitrogen and oxygen atoms in total. The smallest absolute Gasteiger partial charge is 0.231 e. The van der Waals surface area contributed by atoms with E-state index in [1.807, 2.05) is 0 Å². The number of carbonyl (C=O) groups excluding carboxylic acids is 1. The van der Waals surface area contributed by atoms with Crippen molar-refractivity contribution < 1.29 is 42.2 Å². The number of Topliss-reactive ketones (excluding diaryl/α,β-unsaturated/α-hetero) is 1. The predicted octanol–water partition coefficient (Wildman–Crippen LogP) is -1.78. The number of fused-ring (bicyclic) bond motifs is 5. The summed E-state index contributed by atoms with van der Waals surface area (Å²) in [6, 6.07) is 10.3. The van der Waals surface area contributed by atoms with Crippen LogP contribution in [0.3, 0.4) is 0 Å². The molecule has 138 valence electrons. The first-order valence-corrected chi connectivity index (χ1v) is 10.2. The van der Waals surface area contributed by atoms with Crippen LogP contribution in [0.15, 0.2) is 36.4 Å². The molecule has 1 unspecified atom stereocenters. The van der Waals surface area contributed by atoms with E-state index in [0.29, 0.717) is 48.4 Å². The number of benzene rings is 2. The molecule has 9 heteroatoms. The average molecular weight is 407 g/mol. The first-order chi connectivity index (χ1) is 12.8. The Kier molecular flexibility index (Phi) is 3.54. The Morgan fingerprint density at radius 2 is 1.67 bits per heavy atom. The SMILES string of the molecule is CC1=c2cc3c(cc2=C2C(=O)c4ccccc4C2=S1O[Cl+3]([O-])([O-])[O-])OCO3. The zero-order chi connectivity index (χ0) is 18.9. The third-order valence-corrected chi connectivity index (χ3v) is 7.33. The van der Waals surface area contributed by atoms with Crippen molar-refractivity contribution >= 4 is 31.9 Å². The van der Waals surface area contributed by atoms with Gasteiger partial charge in [-0.05, 0) is 29.5 Å². The van der Waals surface area contributed by atoms with E-state index >= 15 is 0 Å². The summed E-state index contributed by atoms with van der Waals surface area (Å²) in [5.74, 6) is 0.759. The number of hydrogen-bond donors (Lipinski definition) is 0. The van der Waals surface area contributed by atoms with Crippen LogP contribution in [0.25, 0.3) is 10.5 Å². The van der Waals surface area contributed by atoms with Crippen molar-refractivity contribution in [3.05, 3.63) is 58.0 Å². The molecule has 0 saturated carbocycles. The molecule has 0 amide bonds. The molecule has 1 atom stereocenters. The number of halogens is 1. The molecule has 2 aromatic carbocycles. The van der Waals surface area contributed by atoms with E-state index in [9.17, 15) is 18.8 Å². The van der Waals surface area contributed by atoms with E-state index in [2.05, 4.69) is 0 Å². The van der Waals surface area contributed by atoms with Gasteiger partial charge in [0.15, 0.2) is 17.3 Å². The Labute approximate surface area is 157 Å². The van der Waals surface area contributed by atoms with Crippen LogP contribution in [0.1, 0.15) is 22.8 Å². The minimum Gasteiger partial charge on any atom is -0.454 e. The quantitative estimate of drug-likeness (QED) is 0.542. The van der Waals surface area contributed by atoms with Gasteiger partial charge in [-0.2, -0.15) is 14.0 Å². The second-order valence-electron chi connectivity index (χ2n) is 6.10. The summed E-state index contributed by atoms with van der Waals surface area (Å²) in [6.07, 6.45) is 0. The molecule has 0 fully saturated rings. The summed E-state index contributed by atoms with van der Waals surface area (Å²) in [7, 11) is -6.23. The highest BCUT2D eigenvalue weighted by Crippen LogP contribution is 2.42. The van der Waals surface area contributed by atoms with Crippen molar-refractivity contribution in [1.82, 2.24) is 0 Å². The van der Waals surface area contributed by atoms with Crippen molar-refractivity contribution in [2.45, 2.75) is 6.92 Å². The van der Waals surface area contributed by atoms with Gasteiger partial charge in [-0.3, -0.25) is 4.79 Å².